The van der Waals surface area contributed by atoms with E-state index in [4.69, 9.17) is 0 Å². The molecule has 1 heterocycles. The lowest BCUT2D eigenvalue weighted by atomic mass is 9.86. The number of hydrogen-bond acceptors (Lipinski definition) is 5. The zero-order valence-corrected chi connectivity index (χ0v) is 18.0. The third kappa shape index (κ3) is 5.33. The second-order valence-corrected chi connectivity index (χ2v) is 8.35. The van der Waals surface area contributed by atoms with E-state index in [1.165, 1.54) is 13.0 Å². The van der Waals surface area contributed by atoms with Crippen molar-refractivity contribution in [3.63, 3.8) is 0 Å². The Morgan fingerprint density at radius 3 is 2.71 bits per heavy atom. The monoisotopic (exact) mass is 444 g/mol. The molecule has 1 fully saturated rings. The lowest BCUT2D eigenvalue weighted by molar-refractivity contribution is -0.118. The molecule has 1 aliphatic carbocycles. The smallest absolute Gasteiger partial charge is 0.262 e. The summed E-state index contributed by atoms with van der Waals surface area (Å²) in [6, 6.07) is 4.81. The summed E-state index contributed by atoms with van der Waals surface area (Å²) in [4.78, 5) is 30.0. The molecule has 0 aliphatic heterocycles. The summed E-state index contributed by atoms with van der Waals surface area (Å²) in [6.45, 7) is 3.32. The zero-order valence-electron chi connectivity index (χ0n) is 17.2. The molecule has 2 unspecified atom stereocenters. The lowest BCUT2D eigenvalue weighted by Gasteiger charge is -2.29. The maximum absolute atomic E-state index is 14.2. The minimum absolute atomic E-state index is 0.0265. The van der Waals surface area contributed by atoms with Crippen LogP contribution >= 0.6 is 11.3 Å². The van der Waals surface area contributed by atoms with Crippen LogP contribution in [0.4, 0.5) is 19.6 Å². The van der Waals surface area contributed by atoms with Gasteiger partial charge in [-0.2, -0.15) is 5.26 Å². The third-order valence-electron chi connectivity index (χ3n) is 5.25. The number of anilines is 2. The average Bonchev–Trinajstić information content (AvgIpc) is 3.17. The fraction of sp³-hybridized carbons (Fsp3) is 0.364. The molecule has 9 heteroatoms. The van der Waals surface area contributed by atoms with Crippen LogP contribution in [0.5, 0.6) is 0 Å². The molecular weight excluding hydrogens is 422 g/mol. The number of nitriles is 1. The molecule has 0 saturated heterocycles. The van der Waals surface area contributed by atoms with E-state index in [1.807, 2.05) is 6.07 Å². The van der Waals surface area contributed by atoms with Gasteiger partial charge in [0.25, 0.3) is 5.91 Å². The topological polar surface area (TPSA) is 86.1 Å². The fourth-order valence-corrected chi connectivity index (χ4v) is 4.43. The third-order valence-corrected chi connectivity index (χ3v) is 6.10. The van der Waals surface area contributed by atoms with Crippen LogP contribution in [0.3, 0.4) is 0 Å². The Balaban J connectivity index is 1.83. The normalized spacial score (nSPS) is 18.9. The van der Waals surface area contributed by atoms with Crippen molar-refractivity contribution in [2.75, 3.05) is 4.90 Å². The number of amides is 2. The van der Waals surface area contributed by atoms with Crippen LogP contribution in [0.1, 0.15) is 45.2 Å². The minimum atomic E-state index is -0.902. The quantitative estimate of drug-likeness (QED) is 0.535. The molecule has 0 bridgehead atoms. The van der Waals surface area contributed by atoms with Crippen LogP contribution in [0.2, 0.25) is 0 Å². The number of benzene rings is 1. The first-order valence-electron chi connectivity index (χ1n) is 9.94. The number of thiazole rings is 1. The van der Waals surface area contributed by atoms with Crippen molar-refractivity contribution in [1.82, 2.24) is 10.3 Å². The van der Waals surface area contributed by atoms with Crippen molar-refractivity contribution in [3.05, 3.63) is 46.5 Å². The van der Waals surface area contributed by atoms with Crippen LogP contribution in [-0.4, -0.2) is 22.8 Å². The second kappa shape index (κ2) is 9.79. The molecule has 2 amide bonds. The van der Waals surface area contributed by atoms with Gasteiger partial charge in [0.05, 0.1) is 11.4 Å². The Morgan fingerprint density at radius 2 is 2.06 bits per heavy atom. The molecule has 6 nitrogen and oxygen atoms in total. The van der Waals surface area contributed by atoms with E-state index >= 15 is 0 Å². The number of carbonyl (C=O) groups excluding carboxylic acids is 2. The van der Waals surface area contributed by atoms with Gasteiger partial charge in [-0.1, -0.05) is 19.8 Å². The first kappa shape index (κ1) is 22.6. The number of nitrogens with zero attached hydrogens (tertiary/aromatic N) is 3. The number of nitrogens with one attached hydrogen (secondary N) is 1. The number of halogens is 2. The summed E-state index contributed by atoms with van der Waals surface area (Å²) in [5, 5.41) is 14.1. The highest BCUT2D eigenvalue weighted by Crippen LogP contribution is 2.32. The largest absolute Gasteiger partial charge is 0.348 e. The van der Waals surface area contributed by atoms with Gasteiger partial charge in [0, 0.05) is 24.4 Å². The van der Waals surface area contributed by atoms with E-state index < -0.39 is 23.4 Å². The van der Waals surface area contributed by atoms with E-state index in [2.05, 4.69) is 17.2 Å². The molecule has 1 N–H and O–H groups in total. The van der Waals surface area contributed by atoms with Gasteiger partial charge in [0.1, 0.15) is 23.3 Å². The summed E-state index contributed by atoms with van der Waals surface area (Å²) in [6.07, 6.45) is 5.42. The molecule has 2 atom stereocenters. The van der Waals surface area contributed by atoms with Crippen molar-refractivity contribution < 1.29 is 18.4 Å². The predicted octanol–water partition coefficient (Wildman–Crippen LogP) is 4.71. The zero-order chi connectivity index (χ0) is 22.5. The number of rotatable bonds is 5. The summed E-state index contributed by atoms with van der Waals surface area (Å²) < 4.78 is 27.4. The summed E-state index contributed by atoms with van der Waals surface area (Å²) in [7, 11) is 0. The Morgan fingerprint density at radius 1 is 1.32 bits per heavy atom. The highest BCUT2D eigenvalue weighted by molar-refractivity contribution is 7.14. The molecule has 1 aliphatic rings. The number of carbonyl (C=O) groups is 2. The Kier molecular flexibility index (Phi) is 7.13. The molecule has 0 spiro atoms. The first-order chi connectivity index (χ1) is 14.8. The van der Waals surface area contributed by atoms with Crippen molar-refractivity contribution >= 4 is 40.0 Å². The van der Waals surface area contributed by atoms with Crippen molar-refractivity contribution in [2.45, 2.75) is 45.6 Å². The number of aromatic nitrogens is 1. The lowest BCUT2D eigenvalue weighted by Crippen LogP contribution is -2.41. The van der Waals surface area contributed by atoms with Gasteiger partial charge in [-0.15, -0.1) is 11.3 Å². The first-order valence-corrected chi connectivity index (χ1v) is 10.8. The van der Waals surface area contributed by atoms with Crippen LogP contribution in [-0.2, 0) is 9.59 Å². The van der Waals surface area contributed by atoms with Crippen LogP contribution in [0.25, 0.3) is 6.08 Å². The molecule has 162 valence electrons. The fourth-order valence-electron chi connectivity index (χ4n) is 3.59. The maximum Gasteiger partial charge on any atom is 0.262 e. The van der Waals surface area contributed by atoms with E-state index in [9.17, 15) is 23.6 Å². The van der Waals surface area contributed by atoms with Gasteiger partial charge in [-0.25, -0.2) is 13.8 Å². The van der Waals surface area contributed by atoms with Crippen LogP contribution in [0, 0.1) is 28.9 Å². The molecule has 1 saturated carbocycles. The van der Waals surface area contributed by atoms with Gasteiger partial charge in [-0.05, 0) is 37.0 Å². The van der Waals surface area contributed by atoms with E-state index in [-0.39, 0.29) is 28.1 Å². The Hall–Kier alpha value is -3.12. The molecule has 2 aromatic rings. The molecule has 1 aromatic heterocycles. The van der Waals surface area contributed by atoms with E-state index in [0.29, 0.717) is 12.0 Å². The standard InChI is InChI=1S/C22H22F2N4O2S/c1-13-5-3-4-6-19(13)27-21(30)15(11-25)9-17-12-31-22(26-17)28(14(2)29)20-8-7-16(23)10-18(20)24/h7-10,12-13,19H,3-6H2,1-2H3,(H,27,30)/b15-9+. The highest BCUT2D eigenvalue weighted by atomic mass is 32.1. The van der Waals surface area contributed by atoms with Crippen molar-refractivity contribution in [1.29, 1.82) is 5.26 Å². The van der Waals surface area contributed by atoms with Crippen LogP contribution in [0.15, 0.2) is 29.2 Å². The average molecular weight is 445 g/mol. The van der Waals surface area contributed by atoms with Gasteiger partial charge in [0.2, 0.25) is 5.91 Å². The minimum Gasteiger partial charge on any atom is -0.348 e. The Labute approximate surface area is 183 Å². The SMILES string of the molecule is CC(=O)N(c1nc(/C=C(\C#N)C(=O)NC2CCCCC2C)cs1)c1ccc(F)cc1F. The predicted molar refractivity (Wildman–Crippen MR) is 114 cm³/mol. The second-order valence-electron chi connectivity index (χ2n) is 7.52. The van der Waals surface area contributed by atoms with E-state index in [0.717, 1.165) is 54.1 Å². The van der Waals surface area contributed by atoms with Gasteiger partial charge >= 0.3 is 0 Å². The highest BCUT2D eigenvalue weighted by Gasteiger charge is 2.25. The number of hydrogen-bond donors (Lipinski definition) is 1. The van der Waals surface area contributed by atoms with Gasteiger partial charge < -0.3 is 5.32 Å². The van der Waals surface area contributed by atoms with Crippen LogP contribution < -0.4 is 10.2 Å². The van der Waals surface area contributed by atoms with Crippen molar-refractivity contribution in [3.8, 4) is 6.07 Å². The van der Waals surface area contributed by atoms with Gasteiger partial charge in [0.15, 0.2) is 5.13 Å². The summed E-state index contributed by atoms with van der Waals surface area (Å²) in [5.41, 5.74) is 0.0532. The molecule has 1 aromatic carbocycles. The molecule has 31 heavy (non-hydrogen) atoms. The van der Waals surface area contributed by atoms with Crippen molar-refractivity contribution in [2.24, 2.45) is 5.92 Å². The van der Waals surface area contributed by atoms with Gasteiger partial charge in [-0.3, -0.25) is 14.5 Å². The Bertz CT molecular complexity index is 1060. The van der Waals surface area contributed by atoms with E-state index in [1.54, 1.807) is 5.38 Å². The molecular formula is C22H22F2N4O2S. The summed E-state index contributed by atoms with van der Waals surface area (Å²) >= 11 is 1.04. The molecule has 0 radical (unpaired) electrons. The maximum atomic E-state index is 14.2. The molecule has 3 rings (SSSR count). The summed E-state index contributed by atoms with van der Waals surface area (Å²) in [5.74, 6) is -2.30.